The molecule has 5 rings (SSSR count). The number of tetrazole rings is 1. The van der Waals surface area contributed by atoms with E-state index in [0.29, 0.717) is 36.0 Å². The first-order valence-electron chi connectivity index (χ1n) is 14.7. The van der Waals surface area contributed by atoms with Crippen LogP contribution in [0.5, 0.6) is 6.01 Å². The highest BCUT2D eigenvalue weighted by Gasteiger charge is 2.23. The summed E-state index contributed by atoms with van der Waals surface area (Å²) in [6, 6.07) is 21.1. The fourth-order valence-electron chi connectivity index (χ4n) is 4.76. The predicted octanol–water partition coefficient (Wildman–Crippen LogP) is 4.23. The highest BCUT2D eigenvalue weighted by Crippen LogP contribution is 2.31. The number of carbonyl (C=O) groups is 2. The van der Waals surface area contributed by atoms with Gasteiger partial charge in [0.05, 0.1) is 43.0 Å². The van der Waals surface area contributed by atoms with E-state index in [4.69, 9.17) is 24.8 Å². The van der Waals surface area contributed by atoms with Gasteiger partial charge in [0.25, 0.3) is 6.01 Å². The van der Waals surface area contributed by atoms with Crippen LogP contribution >= 0.6 is 0 Å². The molecule has 16 heteroatoms. The third-order valence-electron chi connectivity index (χ3n) is 6.85. The number of hydrogen-bond donors (Lipinski definition) is 2. The van der Waals surface area contributed by atoms with Crippen molar-refractivity contribution >= 4 is 23.2 Å². The highest BCUT2D eigenvalue weighted by molar-refractivity contribution is 6.02. The summed E-state index contributed by atoms with van der Waals surface area (Å²) in [6.07, 6.45) is -2.34. The van der Waals surface area contributed by atoms with Crippen LogP contribution in [0.3, 0.4) is 0 Å². The number of rotatable bonds is 14. The van der Waals surface area contributed by atoms with Crippen LogP contribution in [0.25, 0.3) is 33.5 Å². The zero-order chi connectivity index (χ0) is 33.3. The van der Waals surface area contributed by atoms with E-state index in [-0.39, 0.29) is 30.0 Å². The first kappa shape index (κ1) is 33.0. The Hall–Kier alpha value is -5.42. The van der Waals surface area contributed by atoms with Crippen LogP contribution in [-0.2, 0) is 25.6 Å². The number of nitrogens with one attached hydrogen (secondary N) is 1. The molecule has 16 nitrogen and oxygen atoms in total. The Morgan fingerprint density at radius 1 is 1.00 bits per heavy atom. The molecule has 0 saturated heterocycles. The van der Waals surface area contributed by atoms with Gasteiger partial charge in [0.2, 0.25) is 12.1 Å². The second kappa shape index (κ2) is 15.2. The van der Waals surface area contributed by atoms with Crippen LogP contribution in [0.1, 0.15) is 36.7 Å². The smallest absolute Gasteiger partial charge is 0.511 e. The van der Waals surface area contributed by atoms with E-state index >= 15 is 0 Å². The minimum Gasteiger partial charge on any atom is -0.748 e. The average Bonchev–Trinajstić information content (AvgIpc) is 3.72. The molecule has 47 heavy (non-hydrogen) atoms. The zero-order valence-electron chi connectivity index (χ0n) is 25.9. The number of nitrogens with two attached hydrogens (primary N) is 1. The van der Waals surface area contributed by atoms with Gasteiger partial charge in [-0.1, -0.05) is 61.5 Å². The lowest BCUT2D eigenvalue weighted by Crippen LogP contribution is -2.28. The molecule has 0 saturated carbocycles. The standard InChI is InChI=1S/C31H33N8O8/c1-4-43-30-33-26-11-7-10-25(29(40)46-20(3)47-31(41)44-17-19(2)18-45-39(32)42)27(26)38(30)16-21-12-14-22(15-13-21)23-8-5-6-9-24(23)28-34-36-37-35-28/h5-15,19-20H,4,16-18,32H2,1-3H3,(H,34,35,36,37)/q-1/t19-,20?/m1/s1. The van der Waals surface area contributed by atoms with Crippen molar-refractivity contribution in [3.8, 4) is 28.5 Å². The second-order valence-corrected chi connectivity index (χ2v) is 10.4. The Balaban J connectivity index is 1.32. The van der Waals surface area contributed by atoms with Crippen LogP contribution < -0.4 is 10.6 Å². The Labute approximate surface area is 268 Å². The average molecular weight is 646 g/mol. The molecule has 3 aromatic carbocycles. The Bertz CT molecular complexity index is 1790. The molecule has 3 N–H and O–H groups in total. The molecule has 0 amide bonds. The predicted molar refractivity (Wildman–Crippen MR) is 167 cm³/mol. The maximum Gasteiger partial charge on any atom is 0.511 e. The van der Waals surface area contributed by atoms with Crippen molar-refractivity contribution in [3.05, 3.63) is 83.1 Å². The molecule has 2 heterocycles. The van der Waals surface area contributed by atoms with Gasteiger partial charge in [0, 0.05) is 18.4 Å². The summed E-state index contributed by atoms with van der Waals surface area (Å²) in [6.45, 7) is 5.41. The summed E-state index contributed by atoms with van der Waals surface area (Å²) in [5.74, 6) is 4.26. The third-order valence-corrected chi connectivity index (χ3v) is 6.85. The summed E-state index contributed by atoms with van der Waals surface area (Å²) >= 11 is 0. The lowest BCUT2D eigenvalue weighted by atomic mass is 9.98. The molecule has 0 bridgehead atoms. The zero-order valence-corrected chi connectivity index (χ0v) is 25.9. The topological polar surface area (TPSA) is 205 Å². The fourth-order valence-corrected chi connectivity index (χ4v) is 4.76. The van der Waals surface area contributed by atoms with Crippen molar-refractivity contribution in [3.63, 3.8) is 0 Å². The number of benzene rings is 3. The molecule has 0 radical (unpaired) electrons. The lowest BCUT2D eigenvalue weighted by molar-refractivity contribution is -0.139. The summed E-state index contributed by atoms with van der Waals surface area (Å²) in [5.41, 5.74) is 4.87. The molecule has 2 atom stereocenters. The number of hydrogen-bond acceptors (Lipinski definition) is 14. The van der Waals surface area contributed by atoms with E-state index in [1.54, 1.807) is 29.7 Å². The van der Waals surface area contributed by atoms with E-state index in [2.05, 4.69) is 30.4 Å². The van der Waals surface area contributed by atoms with Crippen molar-refractivity contribution in [2.45, 2.75) is 33.6 Å². The van der Waals surface area contributed by atoms with E-state index in [1.165, 1.54) is 6.92 Å². The molecule has 0 fully saturated rings. The Kier molecular flexibility index (Phi) is 10.7. The van der Waals surface area contributed by atoms with E-state index < -0.39 is 18.4 Å². The van der Waals surface area contributed by atoms with Gasteiger partial charge in [0.15, 0.2) is 0 Å². The number of aromatic nitrogens is 6. The summed E-state index contributed by atoms with van der Waals surface area (Å²) in [7, 11) is 0. The molecule has 0 aliphatic heterocycles. The summed E-state index contributed by atoms with van der Waals surface area (Å²) < 4.78 is 23.2. The van der Waals surface area contributed by atoms with Gasteiger partial charge < -0.3 is 24.2 Å². The molecule has 5 aromatic rings. The van der Waals surface area contributed by atoms with E-state index in [0.717, 1.165) is 22.3 Å². The maximum absolute atomic E-state index is 13.4. The summed E-state index contributed by atoms with van der Waals surface area (Å²) in [5, 5.41) is 24.9. The Morgan fingerprint density at radius 3 is 2.47 bits per heavy atom. The minimum atomic E-state index is -1.27. The van der Waals surface area contributed by atoms with Gasteiger partial charge in [-0.15, -0.1) is 10.2 Å². The molecule has 2 aromatic heterocycles. The number of nitrogens with zero attached hydrogens (tertiary/aromatic N) is 6. The highest BCUT2D eigenvalue weighted by atomic mass is 16.9. The van der Waals surface area contributed by atoms with Gasteiger partial charge in [-0.3, -0.25) is 15.2 Å². The largest absolute Gasteiger partial charge is 0.748 e. The van der Waals surface area contributed by atoms with Crippen molar-refractivity contribution in [2.75, 3.05) is 19.8 Å². The fraction of sp³-hybridized carbons (Fsp3) is 0.290. The molecule has 0 aliphatic rings. The molecule has 0 spiro atoms. The molecular formula is C31H33N8O8-. The van der Waals surface area contributed by atoms with Gasteiger partial charge in [-0.25, -0.2) is 9.59 Å². The van der Waals surface area contributed by atoms with Crippen LogP contribution in [0.4, 0.5) is 4.79 Å². The van der Waals surface area contributed by atoms with Crippen LogP contribution in [-0.4, -0.2) is 73.7 Å². The van der Waals surface area contributed by atoms with Crippen molar-refractivity contribution < 1.29 is 33.4 Å². The minimum absolute atomic E-state index is 0.0706. The second-order valence-electron chi connectivity index (χ2n) is 10.4. The van der Waals surface area contributed by atoms with Crippen molar-refractivity contribution in [1.29, 1.82) is 0 Å². The number of imidazole rings is 1. The van der Waals surface area contributed by atoms with Crippen molar-refractivity contribution in [2.24, 2.45) is 11.8 Å². The van der Waals surface area contributed by atoms with Gasteiger partial charge in [0.1, 0.15) is 0 Å². The number of fused-ring (bicyclic) bond motifs is 1. The van der Waals surface area contributed by atoms with Crippen LogP contribution in [0.15, 0.2) is 66.7 Å². The number of hydrazine groups is 1. The monoisotopic (exact) mass is 645 g/mol. The third kappa shape index (κ3) is 8.25. The number of H-pyrrole nitrogens is 1. The first-order valence-corrected chi connectivity index (χ1v) is 14.7. The summed E-state index contributed by atoms with van der Waals surface area (Å²) in [4.78, 5) is 34.7. The Morgan fingerprint density at radius 2 is 1.77 bits per heavy atom. The normalized spacial score (nSPS) is 12.6. The number of ether oxygens (including phenoxy) is 4. The van der Waals surface area contributed by atoms with Gasteiger partial charge in [-0.2, -0.15) is 15.5 Å². The maximum atomic E-state index is 13.4. The van der Waals surface area contributed by atoms with E-state index in [1.807, 2.05) is 55.5 Å². The first-order chi connectivity index (χ1) is 22.7. The molecule has 246 valence electrons. The molecule has 1 unspecified atom stereocenters. The van der Waals surface area contributed by atoms with E-state index in [9.17, 15) is 14.8 Å². The number of carbonyl (C=O) groups excluding carboxylic acids is 2. The quantitative estimate of drug-likeness (QED) is 0.0751. The number of esters is 1. The molecular weight excluding hydrogens is 612 g/mol. The van der Waals surface area contributed by atoms with Crippen LogP contribution in [0, 0.1) is 11.1 Å². The number of para-hydroxylation sites is 1. The molecule has 0 aliphatic carbocycles. The van der Waals surface area contributed by atoms with Crippen molar-refractivity contribution in [1.82, 2.24) is 35.5 Å². The van der Waals surface area contributed by atoms with Gasteiger partial charge >= 0.3 is 12.1 Å². The number of aromatic amines is 1. The van der Waals surface area contributed by atoms with Gasteiger partial charge in [-0.05, 0) is 41.0 Å². The van der Waals surface area contributed by atoms with Crippen LogP contribution in [0.2, 0.25) is 0 Å². The lowest BCUT2D eigenvalue weighted by Gasteiger charge is -2.22. The SMILES string of the molecule is CCOc1nc2cccc(C(=O)OC(C)OC(=O)OC[C@@H](C)CON(N)[O-])c2n1Cc1ccc(-c2ccccc2-c2nn[nH]n2)cc1.